The van der Waals surface area contributed by atoms with Gasteiger partial charge in [-0.2, -0.15) is 0 Å². The van der Waals surface area contributed by atoms with Gasteiger partial charge in [-0.3, -0.25) is 14.9 Å². The second kappa shape index (κ2) is 6.57. The van der Waals surface area contributed by atoms with Crippen LogP contribution in [0.5, 0.6) is 0 Å². The molecule has 2 heterocycles. The zero-order valence-corrected chi connectivity index (χ0v) is 13.2. The molecular weight excluding hydrogens is 310 g/mol. The van der Waals surface area contributed by atoms with Crippen molar-refractivity contribution in [2.45, 2.75) is 19.9 Å². The summed E-state index contributed by atoms with van der Waals surface area (Å²) in [5, 5.41) is 13.8. The van der Waals surface area contributed by atoms with Crippen LogP contribution >= 0.6 is 0 Å². The molecule has 24 heavy (non-hydrogen) atoms. The van der Waals surface area contributed by atoms with Crippen LogP contribution in [-0.2, 0) is 6.54 Å². The van der Waals surface area contributed by atoms with Crippen LogP contribution in [0.2, 0.25) is 0 Å². The van der Waals surface area contributed by atoms with Crippen molar-refractivity contribution in [1.82, 2.24) is 9.88 Å². The summed E-state index contributed by atoms with van der Waals surface area (Å²) >= 11 is 0. The number of non-ortho nitro benzene ring substituents is 1. The van der Waals surface area contributed by atoms with Gasteiger partial charge in [0.15, 0.2) is 5.58 Å². The van der Waals surface area contributed by atoms with Gasteiger partial charge in [0, 0.05) is 37.4 Å². The first kappa shape index (κ1) is 15.8. The molecule has 0 saturated heterocycles. The average molecular weight is 327 g/mol. The molecule has 2 aromatic heterocycles. The molecule has 0 saturated carbocycles. The van der Waals surface area contributed by atoms with E-state index in [0.29, 0.717) is 24.4 Å². The lowest BCUT2D eigenvalue weighted by atomic mass is 10.2. The van der Waals surface area contributed by atoms with E-state index in [1.165, 1.54) is 12.1 Å². The molecule has 1 N–H and O–H groups in total. The number of aromatic nitrogens is 1. The van der Waals surface area contributed by atoms with Crippen LogP contribution in [0.4, 0.5) is 5.69 Å². The molecule has 0 unspecified atom stereocenters. The first-order valence-electron chi connectivity index (χ1n) is 7.68. The third-order valence-corrected chi connectivity index (χ3v) is 3.75. The largest absolute Gasteiger partial charge is 0.463 e. The van der Waals surface area contributed by atoms with Gasteiger partial charge in [0.25, 0.3) is 11.6 Å². The van der Waals surface area contributed by atoms with Crippen LogP contribution in [0, 0.1) is 10.1 Å². The van der Waals surface area contributed by atoms with Crippen LogP contribution in [0.1, 0.15) is 29.4 Å². The van der Waals surface area contributed by atoms with Crippen molar-refractivity contribution in [2.75, 3.05) is 6.54 Å². The highest BCUT2D eigenvalue weighted by Crippen LogP contribution is 2.23. The van der Waals surface area contributed by atoms with Gasteiger partial charge in [0.2, 0.25) is 0 Å². The van der Waals surface area contributed by atoms with Gasteiger partial charge in [-0.15, -0.1) is 0 Å². The summed E-state index contributed by atoms with van der Waals surface area (Å²) in [5.74, 6) is -0.186. The van der Waals surface area contributed by atoms with Gasteiger partial charge in [-0.1, -0.05) is 19.1 Å². The van der Waals surface area contributed by atoms with E-state index in [0.717, 1.165) is 17.5 Å². The molecule has 0 atom stereocenters. The number of benzene rings is 1. The minimum atomic E-state index is -0.429. The van der Waals surface area contributed by atoms with Crippen molar-refractivity contribution in [3.05, 3.63) is 64.0 Å². The van der Waals surface area contributed by atoms with E-state index in [9.17, 15) is 14.9 Å². The van der Waals surface area contributed by atoms with Crippen molar-refractivity contribution in [3.63, 3.8) is 0 Å². The van der Waals surface area contributed by atoms with Gasteiger partial charge in [-0.05, 0) is 12.0 Å². The second-order valence-corrected chi connectivity index (χ2v) is 5.47. The third kappa shape index (κ3) is 3.01. The number of amides is 1. The van der Waals surface area contributed by atoms with Crippen molar-refractivity contribution in [1.29, 1.82) is 0 Å². The first-order chi connectivity index (χ1) is 11.6. The van der Waals surface area contributed by atoms with Crippen LogP contribution in [0.15, 0.2) is 47.1 Å². The summed E-state index contributed by atoms with van der Waals surface area (Å²) in [6.45, 7) is 2.91. The lowest BCUT2D eigenvalue weighted by molar-refractivity contribution is -0.384. The van der Waals surface area contributed by atoms with Gasteiger partial charge >= 0.3 is 0 Å². The SMILES string of the molecule is CCCNC(=O)c1cc2occc2n1Cc1cccc([N+](=O)[O-])c1. The summed E-state index contributed by atoms with van der Waals surface area (Å²) in [6.07, 6.45) is 2.40. The smallest absolute Gasteiger partial charge is 0.269 e. The second-order valence-electron chi connectivity index (χ2n) is 5.47. The Balaban J connectivity index is 1.98. The number of hydrogen-bond acceptors (Lipinski definition) is 4. The minimum absolute atomic E-state index is 0.0279. The predicted molar refractivity (Wildman–Crippen MR) is 89.0 cm³/mol. The number of nitrogens with zero attached hydrogens (tertiary/aromatic N) is 2. The Kier molecular flexibility index (Phi) is 4.33. The van der Waals surface area contributed by atoms with Gasteiger partial charge in [0.1, 0.15) is 5.69 Å². The zero-order chi connectivity index (χ0) is 17.1. The number of furan rings is 1. The number of hydrogen-bond donors (Lipinski definition) is 1. The van der Waals surface area contributed by atoms with Crippen molar-refractivity contribution < 1.29 is 14.1 Å². The molecule has 0 spiro atoms. The standard InChI is InChI=1S/C17H17N3O4/c1-2-7-18-17(21)15-10-16-14(6-8-24-16)19(15)11-12-4-3-5-13(9-12)20(22)23/h3-6,8-10H,2,7,11H2,1H3,(H,18,21). The topological polar surface area (TPSA) is 90.3 Å². The lowest BCUT2D eigenvalue weighted by Gasteiger charge is -2.10. The molecule has 124 valence electrons. The number of nitro groups is 1. The summed E-state index contributed by atoms with van der Waals surface area (Å²) < 4.78 is 7.19. The van der Waals surface area contributed by atoms with Gasteiger partial charge < -0.3 is 14.3 Å². The minimum Gasteiger partial charge on any atom is -0.463 e. The number of rotatable bonds is 6. The fraction of sp³-hybridized carbons (Fsp3) is 0.235. The number of nitro benzene ring substituents is 1. The molecule has 0 bridgehead atoms. The van der Waals surface area contributed by atoms with Crippen LogP contribution in [-0.4, -0.2) is 21.9 Å². The molecule has 0 fully saturated rings. The summed E-state index contributed by atoms with van der Waals surface area (Å²) in [5.41, 5.74) is 2.64. The van der Waals surface area contributed by atoms with E-state index >= 15 is 0 Å². The number of fused-ring (bicyclic) bond motifs is 1. The van der Waals surface area contributed by atoms with E-state index in [-0.39, 0.29) is 11.6 Å². The highest BCUT2D eigenvalue weighted by Gasteiger charge is 2.18. The van der Waals surface area contributed by atoms with Crippen molar-refractivity contribution >= 4 is 22.7 Å². The Morgan fingerprint density at radius 2 is 2.17 bits per heavy atom. The molecule has 0 radical (unpaired) electrons. The van der Waals surface area contributed by atoms with Gasteiger partial charge in [0.05, 0.1) is 16.7 Å². The lowest BCUT2D eigenvalue weighted by Crippen LogP contribution is -2.26. The molecule has 1 aromatic carbocycles. The Hall–Kier alpha value is -3.09. The number of carbonyl (C=O) groups excluding carboxylic acids is 1. The Morgan fingerprint density at radius 1 is 1.33 bits per heavy atom. The van der Waals surface area contributed by atoms with Crippen LogP contribution in [0.3, 0.4) is 0 Å². The number of nitrogens with one attached hydrogen (secondary N) is 1. The van der Waals surface area contributed by atoms with Crippen molar-refractivity contribution in [3.8, 4) is 0 Å². The fourth-order valence-corrected chi connectivity index (χ4v) is 2.62. The highest BCUT2D eigenvalue weighted by molar-refractivity contribution is 5.97. The Morgan fingerprint density at radius 3 is 2.92 bits per heavy atom. The summed E-state index contributed by atoms with van der Waals surface area (Å²) in [4.78, 5) is 22.9. The summed E-state index contributed by atoms with van der Waals surface area (Å²) in [7, 11) is 0. The molecular formula is C17H17N3O4. The predicted octanol–water partition coefficient (Wildman–Crippen LogP) is 3.33. The molecule has 7 nitrogen and oxygen atoms in total. The van der Waals surface area contributed by atoms with E-state index in [1.807, 2.05) is 11.5 Å². The van der Waals surface area contributed by atoms with Gasteiger partial charge in [-0.25, -0.2) is 0 Å². The maximum absolute atomic E-state index is 12.4. The highest BCUT2D eigenvalue weighted by atomic mass is 16.6. The van der Waals surface area contributed by atoms with E-state index in [4.69, 9.17) is 4.42 Å². The zero-order valence-electron chi connectivity index (χ0n) is 13.2. The molecule has 3 rings (SSSR count). The van der Waals surface area contributed by atoms with Crippen LogP contribution in [0.25, 0.3) is 11.1 Å². The number of carbonyl (C=O) groups is 1. The maximum atomic E-state index is 12.4. The monoisotopic (exact) mass is 327 g/mol. The molecule has 0 aliphatic carbocycles. The van der Waals surface area contributed by atoms with Crippen LogP contribution < -0.4 is 5.32 Å². The fourth-order valence-electron chi connectivity index (χ4n) is 2.62. The Labute approximate surface area is 138 Å². The normalized spacial score (nSPS) is 10.9. The van der Waals surface area contributed by atoms with E-state index in [2.05, 4.69) is 5.32 Å². The van der Waals surface area contributed by atoms with E-state index < -0.39 is 4.92 Å². The molecule has 0 aliphatic rings. The first-order valence-corrected chi connectivity index (χ1v) is 7.68. The Bertz CT molecular complexity index is 894. The van der Waals surface area contributed by atoms with Crippen molar-refractivity contribution in [2.24, 2.45) is 0 Å². The maximum Gasteiger partial charge on any atom is 0.269 e. The van der Waals surface area contributed by atoms with E-state index in [1.54, 1.807) is 30.5 Å². The quantitative estimate of drug-likeness (QED) is 0.555. The molecule has 3 aromatic rings. The molecule has 1 amide bonds. The average Bonchev–Trinajstić information content (AvgIpc) is 3.15. The molecule has 7 heteroatoms. The summed E-state index contributed by atoms with van der Waals surface area (Å²) in [6, 6.07) is 9.87. The third-order valence-electron chi connectivity index (χ3n) is 3.75. The molecule has 0 aliphatic heterocycles.